The summed E-state index contributed by atoms with van der Waals surface area (Å²) in [5, 5.41) is 14.3. The van der Waals surface area contributed by atoms with Crippen molar-refractivity contribution in [2.24, 2.45) is 5.92 Å². The van der Waals surface area contributed by atoms with Crippen molar-refractivity contribution in [3.63, 3.8) is 0 Å². The van der Waals surface area contributed by atoms with Gasteiger partial charge in [0.2, 0.25) is 0 Å². The van der Waals surface area contributed by atoms with Crippen molar-refractivity contribution in [1.29, 1.82) is 0 Å². The van der Waals surface area contributed by atoms with Crippen molar-refractivity contribution in [2.75, 3.05) is 5.32 Å². The summed E-state index contributed by atoms with van der Waals surface area (Å²) in [6.07, 6.45) is 0.681. The normalized spacial score (nSPS) is 26.2. The summed E-state index contributed by atoms with van der Waals surface area (Å²) in [5.74, 6) is -0.803. The zero-order valence-electron chi connectivity index (χ0n) is 16.8. The number of anilines is 1. The summed E-state index contributed by atoms with van der Waals surface area (Å²) in [6.45, 7) is 0. The fraction of sp³-hybridized carbons (Fsp3) is 0.250. The summed E-state index contributed by atoms with van der Waals surface area (Å²) in [5.41, 5.74) is 2.15. The molecule has 3 aromatic carbocycles. The van der Waals surface area contributed by atoms with Gasteiger partial charge in [-0.15, -0.1) is 23.4 Å². The molecule has 1 saturated carbocycles. The Morgan fingerprint density at radius 1 is 1.03 bits per heavy atom. The van der Waals surface area contributed by atoms with Gasteiger partial charge in [0.25, 0.3) is 5.69 Å². The highest BCUT2D eigenvalue weighted by Crippen LogP contribution is 2.58. The molecule has 0 bridgehead atoms. The average molecular weight is 473 g/mol. The van der Waals surface area contributed by atoms with Crippen LogP contribution in [-0.2, 0) is 0 Å². The monoisotopic (exact) mass is 472 g/mol. The second-order valence-corrected chi connectivity index (χ2v) is 9.91. The first-order valence-electron chi connectivity index (χ1n) is 10.3. The van der Waals surface area contributed by atoms with E-state index in [0.717, 1.165) is 11.1 Å². The van der Waals surface area contributed by atoms with Crippen LogP contribution in [0.2, 0.25) is 0 Å². The highest BCUT2D eigenvalue weighted by Gasteiger charge is 2.50. The third kappa shape index (κ3) is 3.63. The summed E-state index contributed by atoms with van der Waals surface area (Å²) >= 11 is 8.39. The Kier molecular flexibility index (Phi) is 5.55. The predicted molar refractivity (Wildman–Crippen MR) is 122 cm³/mol. The molecule has 2 aliphatic rings. The number of halogens is 3. The number of para-hydroxylation sites is 2. The number of thioether (sulfide) groups is 1. The standard InChI is InChI=1S/C24H19ClF2N2O2S/c25-22-20(32-19-7-2-1-6-18(19)29(30)31)12-16-21(22)15-4-3-5-17(27)24(15)28-23(16)13-8-10-14(26)11-9-13/h1-11,16,20-23,28H,12H2/t16-,20+,21+,22-,23-/m0/s1. The average Bonchev–Trinajstić information content (AvgIpc) is 3.11. The van der Waals surface area contributed by atoms with E-state index in [1.807, 2.05) is 6.07 Å². The van der Waals surface area contributed by atoms with Crippen LogP contribution < -0.4 is 5.32 Å². The zero-order chi connectivity index (χ0) is 22.4. The summed E-state index contributed by atoms with van der Waals surface area (Å²) in [4.78, 5) is 11.7. The van der Waals surface area contributed by atoms with E-state index in [0.29, 0.717) is 17.0 Å². The minimum Gasteiger partial charge on any atom is -0.375 e. The maximum Gasteiger partial charge on any atom is 0.282 e. The van der Waals surface area contributed by atoms with Gasteiger partial charge in [-0.3, -0.25) is 10.1 Å². The van der Waals surface area contributed by atoms with E-state index in [4.69, 9.17) is 11.6 Å². The van der Waals surface area contributed by atoms with Gasteiger partial charge in [-0.1, -0.05) is 36.4 Å². The second kappa shape index (κ2) is 8.37. The number of fused-ring (bicyclic) bond motifs is 3. The van der Waals surface area contributed by atoms with Crippen molar-refractivity contribution in [1.82, 2.24) is 0 Å². The number of hydrogen-bond acceptors (Lipinski definition) is 4. The molecule has 1 aliphatic heterocycles. The molecule has 4 nitrogen and oxygen atoms in total. The van der Waals surface area contributed by atoms with Crippen LogP contribution in [0.25, 0.3) is 0 Å². The molecule has 1 aliphatic carbocycles. The number of benzene rings is 3. The Bertz CT molecular complexity index is 1180. The molecule has 1 heterocycles. The number of nitro benzene ring substituents is 1. The topological polar surface area (TPSA) is 55.2 Å². The van der Waals surface area contributed by atoms with E-state index >= 15 is 0 Å². The third-order valence-electron chi connectivity index (χ3n) is 6.37. The molecule has 0 aromatic heterocycles. The molecule has 164 valence electrons. The van der Waals surface area contributed by atoms with E-state index in [2.05, 4.69) is 5.32 Å². The van der Waals surface area contributed by atoms with Gasteiger partial charge in [-0.05, 0) is 47.7 Å². The molecule has 0 saturated heterocycles. The second-order valence-electron chi connectivity index (χ2n) is 8.13. The predicted octanol–water partition coefficient (Wildman–Crippen LogP) is 6.91. The van der Waals surface area contributed by atoms with E-state index in [1.54, 1.807) is 36.4 Å². The van der Waals surface area contributed by atoms with Crippen LogP contribution in [-0.4, -0.2) is 15.6 Å². The van der Waals surface area contributed by atoms with Gasteiger partial charge >= 0.3 is 0 Å². The molecule has 5 atom stereocenters. The minimum absolute atomic E-state index is 0.0255. The van der Waals surface area contributed by atoms with Crippen LogP contribution in [0.5, 0.6) is 0 Å². The summed E-state index contributed by atoms with van der Waals surface area (Å²) in [7, 11) is 0. The van der Waals surface area contributed by atoms with Crippen LogP contribution in [0.3, 0.4) is 0 Å². The summed E-state index contributed by atoms with van der Waals surface area (Å²) < 4.78 is 28.3. The van der Waals surface area contributed by atoms with E-state index < -0.39 is 0 Å². The van der Waals surface area contributed by atoms with Crippen molar-refractivity contribution in [2.45, 2.75) is 33.9 Å². The largest absolute Gasteiger partial charge is 0.375 e. The molecule has 1 fully saturated rings. The minimum atomic E-state index is -0.388. The molecular formula is C24H19ClF2N2O2S. The fourth-order valence-electron chi connectivity index (χ4n) is 4.98. The van der Waals surface area contributed by atoms with Crippen LogP contribution in [0.1, 0.15) is 29.5 Å². The molecular weight excluding hydrogens is 454 g/mol. The number of nitrogens with one attached hydrogen (secondary N) is 1. The van der Waals surface area contributed by atoms with Gasteiger partial charge in [-0.25, -0.2) is 8.78 Å². The van der Waals surface area contributed by atoms with Crippen molar-refractivity contribution < 1.29 is 13.7 Å². The number of nitrogens with zero attached hydrogens (tertiary/aromatic N) is 1. The van der Waals surface area contributed by atoms with Crippen molar-refractivity contribution in [3.8, 4) is 0 Å². The summed E-state index contributed by atoms with van der Waals surface area (Å²) in [6, 6.07) is 17.6. The molecule has 8 heteroatoms. The Hall–Kier alpha value is -2.64. The van der Waals surface area contributed by atoms with Gasteiger partial charge in [0, 0.05) is 17.2 Å². The molecule has 0 radical (unpaired) electrons. The Labute approximate surface area is 193 Å². The first-order valence-corrected chi connectivity index (χ1v) is 11.6. The lowest BCUT2D eigenvalue weighted by atomic mass is 9.77. The van der Waals surface area contributed by atoms with Crippen molar-refractivity contribution >= 4 is 34.7 Å². The Balaban J connectivity index is 1.54. The first-order chi connectivity index (χ1) is 15.4. The van der Waals surface area contributed by atoms with E-state index in [-0.39, 0.29) is 50.7 Å². The molecule has 0 spiro atoms. The molecule has 32 heavy (non-hydrogen) atoms. The van der Waals surface area contributed by atoms with Gasteiger partial charge in [-0.2, -0.15) is 0 Å². The lowest BCUT2D eigenvalue weighted by Gasteiger charge is -2.38. The van der Waals surface area contributed by atoms with E-state index in [1.165, 1.54) is 36.0 Å². The van der Waals surface area contributed by atoms with Crippen LogP contribution in [0.4, 0.5) is 20.2 Å². The Morgan fingerprint density at radius 2 is 1.78 bits per heavy atom. The molecule has 1 N–H and O–H groups in total. The van der Waals surface area contributed by atoms with Gasteiger partial charge < -0.3 is 5.32 Å². The maximum atomic E-state index is 14.7. The van der Waals surface area contributed by atoms with Gasteiger partial charge in [0.1, 0.15) is 11.6 Å². The Morgan fingerprint density at radius 3 is 2.53 bits per heavy atom. The third-order valence-corrected chi connectivity index (χ3v) is 8.48. The van der Waals surface area contributed by atoms with E-state index in [9.17, 15) is 18.9 Å². The highest BCUT2D eigenvalue weighted by molar-refractivity contribution is 8.00. The molecule has 0 unspecified atom stereocenters. The molecule has 5 rings (SSSR count). The SMILES string of the molecule is O=[N+]([O-])c1ccccc1S[C@@H]1C[C@H]2[C@@H](c3cccc(F)c3N[C@H]2c2ccc(F)cc2)[C@H]1Cl. The lowest BCUT2D eigenvalue weighted by Crippen LogP contribution is -2.31. The number of nitro groups is 1. The smallest absolute Gasteiger partial charge is 0.282 e. The van der Waals surface area contributed by atoms with Crippen LogP contribution in [0.15, 0.2) is 71.6 Å². The number of rotatable bonds is 4. The van der Waals surface area contributed by atoms with Gasteiger partial charge in [0.15, 0.2) is 0 Å². The number of hydrogen-bond donors (Lipinski definition) is 1. The number of alkyl halides is 1. The quantitative estimate of drug-likeness (QED) is 0.254. The highest BCUT2D eigenvalue weighted by atomic mass is 35.5. The lowest BCUT2D eigenvalue weighted by molar-refractivity contribution is -0.387. The van der Waals surface area contributed by atoms with Crippen molar-refractivity contribution in [3.05, 3.63) is 99.6 Å². The zero-order valence-corrected chi connectivity index (χ0v) is 18.3. The molecule has 0 amide bonds. The van der Waals surface area contributed by atoms with Gasteiger partial charge in [0.05, 0.1) is 26.9 Å². The van der Waals surface area contributed by atoms with Crippen LogP contribution >= 0.6 is 23.4 Å². The molecule has 3 aromatic rings. The first kappa shape index (κ1) is 21.2. The maximum absolute atomic E-state index is 14.7. The van der Waals surface area contributed by atoms with Crippen LogP contribution in [0, 0.1) is 27.7 Å². The fourth-order valence-corrected chi connectivity index (χ4v) is 6.92.